The molecule has 2 aromatic rings. The number of carbonyl (C=O) groups excluding carboxylic acids is 4. The van der Waals surface area contributed by atoms with E-state index in [1.54, 1.807) is 11.8 Å². The molecule has 0 aromatic heterocycles. The van der Waals surface area contributed by atoms with Gasteiger partial charge in [-0.1, -0.05) is 60.7 Å². The summed E-state index contributed by atoms with van der Waals surface area (Å²) in [6, 6.07) is 16.9. The van der Waals surface area contributed by atoms with Gasteiger partial charge in [-0.05, 0) is 31.1 Å². The minimum Gasteiger partial charge on any atom is -0.480 e. The van der Waals surface area contributed by atoms with E-state index in [1.165, 1.54) is 18.7 Å². The van der Waals surface area contributed by atoms with E-state index >= 15 is 0 Å². The highest BCUT2D eigenvalue weighted by molar-refractivity contribution is 8.04. The third kappa shape index (κ3) is 11.6. The summed E-state index contributed by atoms with van der Waals surface area (Å²) in [7, 11) is 0. The first-order valence-electron chi connectivity index (χ1n) is 15.5. The quantitative estimate of drug-likeness (QED) is 0.193. The molecule has 2 heterocycles. The maximum Gasteiger partial charge on any atom is 0.327 e. The number of hydrogen-bond acceptors (Lipinski definition) is 9. The third-order valence-electron chi connectivity index (χ3n) is 7.65. The normalized spacial score (nSPS) is 21.3. The predicted molar refractivity (Wildman–Crippen MR) is 186 cm³/mol. The highest BCUT2D eigenvalue weighted by Crippen LogP contribution is 2.36. The number of aliphatic carboxylic acids is 2. The SMILES string of the molecule is CC(=O)N[C@@H](CSC1=CC(C)N(Cc2ccccc2)C1=O)C(=O)O.CC(=O)N[C@@H](CSC1CC(C)(O)N(Cc2ccccc2)C1=O)C(=O)O. The molecule has 0 saturated carbocycles. The first-order chi connectivity index (χ1) is 23.1. The van der Waals surface area contributed by atoms with Crippen LogP contribution in [0, 0.1) is 0 Å². The first-order valence-corrected chi connectivity index (χ1v) is 17.5. The molecule has 0 bridgehead atoms. The topological polar surface area (TPSA) is 194 Å². The van der Waals surface area contributed by atoms with Gasteiger partial charge in [0.05, 0.1) is 10.2 Å². The molecule has 13 nitrogen and oxygen atoms in total. The molecular weight excluding hydrogens is 673 g/mol. The summed E-state index contributed by atoms with van der Waals surface area (Å²) in [5.41, 5.74) is 0.652. The van der Waals surface area contributed by atoms with Crippen LogP contribution in [-0.4, -0.2) is 101 Å². The molecule has 264 valence electrons. The van der Waals surface area contributed by atoms with Crippen LogP contribution in [0.5, 0.6) is 0 Å². The van der Waals surface area contributed by atoms with E-state index in [-0.39, 0.29) is 42.3 Å². The van der Waals surface area contributed by atoms with Crippen molar-refractivity contribution in [3.05, 3.63) is 82.8 Å². The highest BCUT2D eigenvalue weighted by atomic mass is 32.2. The van der Waals surface area contributed by atoms with Crippen LogP contribution < -0.4 is 10.6 Å². The maximum absolute atomic E-state index is 12.6. The van der Waals surface area contributed by atoms with E-state index < -0.39 is 46.8 Å². The standard InChI is InChI=1S/C17H22N2O5S.C17H20N2O4S/c1-11(20)18-13(16(22)23)10-25-14-8-17(2,24)19(15(14)21)9-12-6-4-3-5-7-12;1-11-8-15(24-10-14(17(22)23)18-12(2)20)16(21)19(11)9-13-6-4-3-5-7-13/h3-7,13-14,24H,8-10H2,1-2H3,(H,18,20)(H,22,23);3-8,11,14H,9-10H2,1-2H3,(H,18,20)(H,22,23)/t13-,14?,17?;11?,14-/m00/s1. The molecule has 49 heavy (non-hydrogen) atoms. The van der Waals surface area contributed by atoms with Crippen molar-refractivity contribution in [3.63, 3.8) is 0 Å². The van der Waals surface area contributed by atoms with Crippen molar-refractivity contribution in [3.8, 4) is 0 Å². The van der Waals surface area contributed by atoms with Gasteiger partial charge in [-0.2, -0.15) is 0 Å². The third-order valence-corrected chi connectivity index (χ3v) is 10.1. The van der Waals surface area contributed by atoms with E-state index in [0.717, 1.165) is 34.7 Å². The molecule has 4 rings (SSSR count). The predicted octanol–water partition coefficient (Wildman–Crippen LogP) is 2.44. The Bertz CT molecular complexity index is 1540. The van der Waals surface area contributed by atoms with Gasteiger partial charge in [-0.25, -0.2) is 9.59 Å². The van der Waals surface area contributed by atoms with Crippen LogP contribution in [0.1, 0.15) is 45.2 Å². The molecule has 15 heteroatoms. The monoisotopic (exact) mass is 714 g/mol. The summed E-state index contributed by atoms with van der Waals surface area (Å²) < 4.78 is 0. The van der Waals surface area contributed by atoms with E-state index in [1.807, 2.05) is 73.7 Å². The van der Waals surface area contributed by atoms with Crippen LogP contribution >= 0.6 is 23.5 Å². The number of nitrogens with zero attached hydrogens (tertiary/aromatic N) is 2. The Morgan fingerprint density at radius 1 is 0.857 bits per heavy atom. The van der Waals surface area contributed by atoms with Crippen LogP contribution in [-0.2, 0) is 41.9 Å². The van der Waals surface area contributed by atoms with Gasteiger partial charge in [0, 0.05) is 50.9 Å². The number of rotatable bonds is 14. The summed E-state index contributed by atoms with van der Waals surface area (Å²) in [6.45, 7) is 6.82. The Morgan fingerprint density at radius 3 is 1.84 bits per heavy atom. The van der Waals surface area contributed by atoms with Crippen LogP contribution in [0.3, 0.4) is 0 Å². The van der Waals surface area contributed by atoms with Crippen molar-refractivity contribution < 1.29 is 44.1 Å². The zero-order valence-electron chi connectivity index (χ0n) is 27.7. The molecule has 1 fully saturated rings. The van der Waals surface area contributed by atoms with Crippen LogP contribution in [0.15, 0.2) is 71.6 Å². The Kier molecular flexibility index (Phi) is 14.3. The van der Waals surface area contributed by atoms with Crippen molar-refractivity contribution in [2.45, 2.75) is 76.3 Å². The molecule has 0 spiro atoms. The summed E-state index contributed by atoms with van der Waals surface area (Å²) in [5, 5.41) is 33.0. The van der Waals surface area contributed by atoms with Gasteiger partial charge in [0.1, 0.15) is 17.8 Å². The zero-order chi connectivity index (χ0) is 36.3. The van der Waals surface area contributed by atoms with Crippen molar-refractivity contribution in [2.75, 3.05) is 11.5 Å². The number of carboxylic acids is 2. The fourth-order valence-electron chi connectivity index (χ4n) is 5.14. The molecule has 1 saturated heterocycles. The molecule has 4 amide bonds. The smallest absolute Gasteiger partial charge is 0.327 e. The first kappa shape index (κ1) is 39.1. The average molecular weight is 715 g/mol. The maximum atomic E-state index is 12.6. The molecule has 2 aromatic carbocycles. The van der Waals surface area contributed by atoms with Crippen LogP contribution in [0.25, 0.3) is 0 Å². The second kappa shape index (κ2) is 17.9. The largest absolute Gasteiger partial charge is 0.480 e. The van der Waals surface area contributed by atoms with Gasteiger partial charge in [0.25, 0.3) is 5.91 Å². The van der Waals surface area contributed by atoms with Gasteiger partial charge in [0.15, 0.2) is 0 Å². The van der Waals surface area contributed by atoms with Crippen LogP contribution in [0.2, 0.25) is 0 Å². The van der Waals surface area contributed by atoms with E-state index in [2.05, 4.69) is 10.6 Å². The number of hydrogen-bond donors (Lipinski definition) is 5. The molecule has 0 aliphatic carbocycles. The zero-order valence-corrected chi connectivity index (χ0v) is 29.3. The number of benzene rings is 2. The van der Waals surface area contributed by atoms with Gasteiger partial charge in [-0.3, -0.25) is 19.2 Å². The van der Waals surface area contributed by atoms with Gasteiger partial charge in [0.2, 0.25) is 17.7 Å². The molecule has 5 atom stereocenters. The van der Waals surface area contributed by atoms with Crippen molar-refractivity contribution in [2.24, 2.45) is 0 Å². The lowest BCUT2D eigenvalue weighted by molar-refractivity contribution is -0.144. The van der Waals surface area contributed by atoms with Crippen molar-refractivity contribution in [1.29, 1.82) is 0 Å². The second-order valence-corrected chi connectivity index (χ2v) is 14.1. The van der Waals surface area contributed by atoms with Gasteiger partial charge >= 0.3 is 11.9 Å². The molecule has 0 radical (unpaired) electrons. The van der Waals surface area contributed by atoms with E-state index in [9.17, 15) is 33.9 Å². The number of aliphatic hydroxyl groups is 1. The summed E-state index contributed by atoms with van der Waals surface area (Å²) in [6.07, 6.45) is 2.04. The van der Waals surface area contributed by atoms with Gasteiger partial charge < -0.3 is 35.8 Å². The van der Waals surface area contributed by atoms with Crippen molar-refractivity contribution >= 4 is 59.1 Å². The summed E-state index contributed by atoms with van der Waals surface area (Å²) >= 11 is 2.30. The lowest BCUT2D eigenvalue weighted by Crippen LogP contribution is -2.43. The Morgan fingerprint density at radius 2 is 1.35 bits per heavy atom. The number of carboxylic acid groups (broad SMARTS) is 2. The molecule has 2 aliphatic rings. The average Bonchev–Trinajstić information content (AvgIpc) is 3.42. The fourth-order valence-corrected chi connectivity index (χ4v) is 7.60. The lowest BCUT2D eigenvalue weighted by atomic mass is 10.1. The number of carbonyl (C=O) groups is 6. The van der Waals surface area contributed by atoms with Gasteiger partial charge in [-0.15, -0.1) is 23.5 Å². The van der Waals surface area contributed by atoms with Crippen molar-refractivity contribution in [1.82, 2.24) is 20.4 Å². The lowest BCUT2D eigenvalue weighted by Gasteiger charge is -2.29. The summed E-state index contributed by atoms with van der Waals surface area (Å²) in [5.74, 6) is -3.29. The Hall–Kier alpha value is -4.34. The Labute approximate surface area is 293 Å². The number of nitrogens with one attached hydrogen (secondary N) is 2. The molecule has 3 unspecified atom stereocenters. The number of likely N-dealkylation sites (tertiary alicyclic amines) is 1. The summed E-state index contributed by atoms with van der Waals surface area (Å²) in [4.78, 5) is 73.3. The minimum atomic E-state index is -1.29. The molecule has 2 aliphatic heterocycles. The van der Waals surface area contributed by atoms with E-state index in [4.69, 9.17) is 10.2 Å². The highest BCUT2D eigenvalue weighted by Gasteiger charge is 2.47. The second-order valence-electron chi connectivity index (χ2n) is 11.8. The minimum absolute atomic E-state index is 0.0516. The molecule has 5 N–H and O–H groups in total. The van der Waals surface area contributed by atoms with E-state index in [0.29, 0.717) is 11.4 Å². The Balaban J connectivity index is 0.000000266. The number of amides is 4. The number of thioether (sulfide) groups is 2. The fraction of sp³-hybridized carbons (Fsp3) is 0.412. The molecular formula is C34H42N4O9S2. The van der Waals surface area contributed by atoms with Crippen LogP contribution in [0.4, 0.5) is 0 Å².